The second kappa shape index (κ2) is 18.8. The third-order valence-electron chi connectivity index (χ3n) is 8.09. The highest BCUT2D eigenvalue weighted by Crippen LogP contribution is 2.43. The maximum atomic E-state index is 12.5. The van der Waals surface area contributed by atoms with Crippen LogP contribution in [0.25, 0.3) is 0 Å². The molecule has 0 bridgehead atoms. The fourth-order valence-corrected chi connectivity index (χ4v) is 5.58. The van der Waals surface area contributed by atoms with Gasteiger partial charge in [-0.3, -0.25) is 14.4 Å². The molecule has 0 unspecified atom stereocenters. The number of carbonyl (C=O) groups excluding carboxylic acids is 3. The Labute approximate surface area is 253 Å². The van der Waals surface area contributed by atoms with Gasteiger partial charge in [0, 0.05) is 24.0 Å². The van der Waals surface area contributed by atoms with E-state index >= 15 is 0 Å². The van der Waals surface area contributed by atoms with E-state index in [0.717, 1.165) is 24.8 Å². The first-order chi connectivity index (χ1) is 20.1. The van der Waals surface area contributed by atoms with Crippen LogP contribution < -0.4 is 9.47 Å². The Morgan fingerprint density at radius 2 is 1.57 bits per heavy atom. The molecule has 0 amide bonds. The Bertz CT molecular complexity index is 1040. The van der Waals surface area contributed by atoms with E-state index in [4.69, 9.17) is 14.2 Å². The topological polar surface area (TPSA) is 99.1 Å². The third-order valence-corrected chi connectivity index (χ3v) is 8.09. The minimum Gasteiger partial charge on any atom is -0.496 e. The lowest BCUT2D eigenvalue weighted by Crippen LogP contribution is -2.50. The fraction of sp³-hybridized carbons (Fsp3) is 0.686. The summed E-state index contributed by atoms with van der Waals surface area (Å²) in [4.78, 5) is 37.2. The number of unbranched alkanes of at least 4 members (excludes halogenated alkanes) is 12. The summed E-state index contributed by atoms with van der Waals surface area (Å²) in [5, 5.41) is 10.9. The summed E-state index contributed by atoms with van der Waals surface area (Å²) < 4.78 is 17.3. The van der Waals surface area contributed by atoms with Crippen molar-refractivity contribution >= 4 is 18.0 Å². The van der Waals surface area contributed by atoms with Crippen LogP contribution in [0.2, 0.25) is 0 Å². The van der Waals surface area contributed by atoms with Gasteiger partial charge in [-0.1, -0.05) is 89.5 Å². The van der Waals surface area contributed by atoms with Gasteiger partial charge in [0.05, 0.1) is 25.2 Å². The molecule has 7 heteroatoms. The fourth-order valence-electron chi connectivity index (χ4n) is 5.58. The monoisotopic (exact) mass is 586 g/mol. The van der Waals surface area contributed by atoms with Crippen molar-refractivity contribution in [3.05, 3.63) is 34.4 Å². The van der Waals surface area contributed by atoms with Gasteiger partial charge >= 0.3 is 5.97 Å². The molecular weight excluding hydrogens is 532 g/mol. The SMILES string of the molecule is CCCCCCCCCCCCCCCC(=O)OCc1cc(OC)c2c(c1C=O)O[C@](C)(CC(=O)C=C(C)C)[C@H](O)C2. The van der Waals surface area contributed by atoms with Gasteiger partial charge in [-0.25, -0.2) is 0 Å². The first-order valence-corrected chi connectivity index (χ1v) is 16.0. The molecule has 0 saturated heterocycles. The molecule has 0 aliphatic carbocycles. The molecule has 2 rings (SSSR count). The van der Waals surface area contributed by atoms with Crippen molar-refractivity contribution in [2.75, 3.05) is 7.11 Å². The highest BCUT2D eigenvalue weighted by molar-refractivity contribution is 5.91. The van der Waals surface area contributed by atoms with Crippen LogP contribution in [0, 0.1) is 0 Å². The first-order valence-electron chi connectivity index (χ1n) is 16.0. The van der Waals surface area contributed by atoms with Crippen molar-refractivity contribution in [2.45, 2.75) is 149 Å². The van der Waals surface area contributed by atoms with E-state index < -0.39 is 11.7 Å². The van der Waals surface area contributed by atoms with Gasteiger partial charge in [0.2, 0.25) is 0 Å². The van der Waals surface area contributed by atoms with Gasteiger partial charge in [-0.15, -0.1) is 0 Å². The molecular formula is C35H54O7. The molecule has 1 aliphatic heterocycles. The minimum atomic E-state index is -1.22. The zero-order chi connectivity index (χ0) is 31.0. The number of allylic oxidation sites excluding steroid dienone is 2. The van der Waals surface area contributed by atoms with Crippen molar-refractivity contribution in [3.63, 3.8) is 0 Å². The molecule has 1 aliphatic rings. The van der Waals surface area contributed by atoms with Gasteiger partial charge < -0.3 is 19.3 Å². The maximum absolute atomic E-state index is 12.5. The molecule has 1 aromatic rings. The normalized spacial score (nSPS) is 17.6. The molecule has 7 nitrogen and oxygen atoms in total. The molecule has 236 valence electrons. The summed E-state index contributed by atoms with van der Waals surface area (Å²) >= 11 is 0. The molecule has 0 fully saturated rings. The number of ether oxygens (including phenoxy) is 3. The molecule has 0 saturated carbocycles. The van der Waals surface area contributed by atoms with Crippen molar-refractivity contribution < 1.29 is 33.7 Å². The number of methoxy groups -OCH3 is 1. The van der Waals surface area contributed by atoms with Crippen molar-refractivity contribution in [3.8, 4) is 11.5 Å². The molecule has 0 radical (unpaired) electrons. The Balaban J connectivity index is 1.85. The number of aliphatic hydroxyl groups excluding tert-OH is 1. The lowest BCUT2D eigenvalue weighted by atomic mass is 9.83. The number of benzene rings is 1. The number of aliphatic hydroxyl groups is 1. The lowest BCUT2D eigenvalue weighted by molar-refractivity contribution is -0.145. The maximum Gasteiger partial charge on any atom is 0.306 e. The number of esters is 1. The number of aldehydes is 1. The predicted octanol–water partition coefficient (Wildman–Crippen LogP) is 8.01. The van der Waals surface area contributed by atoms with E-state index in [2.05, 4.69) is 6.92 Å². The number of ketones is 1. The quantitative estimate of drug-likeness (QED) is 0.0674. The smallest absolute Gasteiger partial charge is 0.306 e. The number of carbonyl (C=O) groups is 3. The van der Waals surface area contributed by atoms with Gasteiger partial charge in [0.25, 0.3) is 0 Å². The van der Waals surface area contributed by atoms with Crippen LogP contribution in [0.15, 0.2) is 17.7 Å². The molecule has 1 heterocycles. The van der Waals surface area contributed by atoms with E-state index in [1.165, 1.54) is 77.4 Å². The second-order valence-corrected chi connectivity index (χ2v) is 12.2. The van der Waals surface area contributed by atoms with E-state index in [1.54, 1.807) is 13.0 Å². The lowest BCUT2D eigenvalue weighted by Gasteiger charge is -2.40. The standard InChI is InChI=1S/C35H54O7/c1-6-7-8-9-10-11-12-13-14-15-16-17-18-19-33(39)41-25-27-21-31(40-5)29-22-32(38)35(4,23-28(37)20-26(2)3)42-34(29)30(27)24-36/h20-21,24,32,38H,6-19,22-23,25H2,1-5H3/t32-,35-/m1/s1. The minimum absolute atomic E-state index is 0.0439. The number of hydrogen-bond donors (Lipinski definition) is 1. The van der Waals surface area contributed by atoms with Crippen LogP contribution >= 0.6 is 0 Å². The van der Waals surface area contributed by atoms with Gasteiger partial charge in [-0.2, -0.15) is 0 Å². The Kier molecular flexibility index (Phi) is 15.9. The predicted molar refractivity (Wildman–Crippen MR) is 166 cm³/mol. The van der Waals surface area contributed by atoms with Crippen LogP contribution in [-0.2, 0) is 27.4 Å². The van der Waals surface area contributed by atoms with Crippen LogP contribution in [0.4, 0.5) is 0 Å². The van der Waals surface area contributed by atoms with Gasteiger partial charge in [-0.05, 0) is 39.3 Å². The van der Waals surface area contributed by atoms with Crippen LogP contribution in [0.3, 0.4) is 0 Å². The zero-order valence-corrected chi connectivity index (χ0v) is 26.7. The highest BCUT2D eigenvalue weighted by atomic mass is 16.5. The Hall–Kier alpha value is -2.67. The zero-order valence-electron chi connectivity index (χ0n) is 26.7. The summed E-state index contributed by atoms with van der Waals surface area (Å²) in [6.07, 6.45) is 17.8. The summed E-state index contributed by atoms with van der Waals surface area (Å²) in [5.74, 6) is 0.234. The van der Waals surface area contributed by atoms with Gasteiger partial charge in [0.15, 0.2) is 12.1 Å². The van der Waals surface area contributed by atoms with Crippen LogP contribution in [0.1, 0.15) is 145 Å². The van der Waals surface area contributed by atoms with E-state index in [-0.39, 0.29) is 42.5 Å². The van der Waals surface area contributed by atoms with Crippen molar-refractivity contribution in [2.24, 2.45) is 0 Å². The average Bonchev–Trinajstić information content (AvgIpc) is 2.94. The van der Waals surface area contributed by atoms with E-state index in [9.17, 15) is 19.5 Å². The molecule has 0 spiro atoms. The summed E-state index contributed by atoms with van der Waals surface area (Å²) in [5.41, 5.74) is 0.900. The number of fused-ring (bicyclic) bond motifs is 1. The number of hydrogen-bond acceptors (Lipinski definition) is 7. The molecule has 42 heavy (non-hydrogen) atoms. The molecule has 1 N–H and O–H groups in total. The van der Waals surface area contributed by atoms with Gasteiger partial charge in [0.1, 0.15) is 23.7 Å². The first kappa shape index (κ1) is 35.5. The van der Waals surface area contributed by atoms with Crippen LogP contribution in [0.5, 0.6) is 11.5 Å². The summed E-state index contributed by atoms with van der Waals surface area (Å²) in [6, 6.07) is 1.66. The van der Waals surface area contributed by atoms with Crippen molar-refractivity contribution in [1.29, 1.82) is 0 Å². The van der Waals surface area contributed by atoms with E-state index in [1.807, 2.05) is 13.8 Å². The average molecular weight is 587 g/mol. The molecule has 0 aromatic heterocycles. The molecule has 1 aromatic carbocycles. The second-order valence-electron chi connectivity index (χ2n) is 12.2. The summed E-state index contributed by atoms with van der Waals surface area (Å²) in [6.45, 7) is 7.49. The Morgan fingerprint density at radius 3 is 2.10 bits per heavy atom. The van der Waals surface area contributed by atoms with E-state index in [0.29, 0.717) is 29.6 Å². The number of rotatable bonds is 21. The largest absolute Gasteiger partial charge is 0.496 e. The summed E-state index contributed by atoms with van der Waals surface area (Å²) in [7, 11) is 1.50. The van der Waals surface area contributed by atoms with Crippen LogP contribution in [-0.4, -0.2) is 42.0 Å². The van der Waals surface area contributed by atoms with Crippen molar-refractivity contribution in [1.82, 2.24) is 0 Å². The third kappa shape index (κ3) is 11.5. The molecule has 2 atom stereocenters. The Morgan fingerprint density at radius 1 is 1.00 bits per heavy atom. The highest BCUT2D eigenvalue weighted by Gasteiger charge is 2.43.